The molecule has 1 aliphatic heterocycles. The van der Waals surface area contributed by atoms with Gasteiger partial charge in [-0.1, -0.05) is 42.3 Å². The number of benzene rings is 2. The van der Waals surface area contributed by atoms with Crippen molar-refractivity contribution in [3.63, 3.8) is 0 Å². The maximum atomic E-state index is 12.9. The zero-order valence-electron chi connectivity index (χ0n) is 14.9. The lowest BCUT2D eigenvalue weighted by Crippen LogP contribution is -2.33. The highest BCUT2D eigenvalue weighted by molar-refractivity contribution is 6.37. The van der Waals surface area contributed by atoms with E-state index in [1.54, 1.807) is 42.5 Å². The van der Waals surface area contributed by atoms with Crippen LogP contribution >= 0.6 is 23.2 Å². The summed E-state index contributed by atoms with van der Waals surface area (Å²) in [6.07, 6.45) is 0.666. The summed E-state index contributed by atoms with van der Waals surface area (Å²) in [4.78, 5) is 27.1. The molecule has 0 spiro atoms. The standard InChI is InChI=1S/C20H18Cl2N2O3/c1-3-10-24-19(25)17(12-4-6-13(21)7-5-12)18(20(24)26)23-15-11-14(22)8-9-16(15)27-2/h4-9,11,23H,3,10H2,1-2H3. The van der Waals surface area contributed by atoms with Gasteiger partial charge in [-0.3, -0.25) is 14.5 Å². The second-order valence-electron chi connectivity index (χ2n) is 5.99. The van der Waals surface area contributed by atoms with E-state index in [-0.39, 0.29) is 17.5 Å². The number of hydrogen-bond acceptors (Lipinski definition) is 4. The Kier molecular flexibility index (Phi) is 5.73. The molecule has 0 unspecified atom stereocenters. The second kappa shape index (κ2) is 8.03. The van der Waals surface area contributed by atoms with Gasteiger partial charge in [-0.05, 0) is 42.3 Å². The van der Waals surface area contributed by atoms with Crippen molar-refractivity contribution in [3.05, 3.63) is 63.8 Å². The molecule has 0 saturated carbocycles. The number of imide groups is 1. The number of amides is 2. The first-order valence-electron chi connectivity index (χ1n) is 8.43. The van der Waals surface area contributed by atoms with Gasteiger partial charge in [-0.2, -0.15) is 0 Å². The highest BCUT2D eigenvalue weighted by Crippen LogP contribution is 2.35. The molecular formula is C20H18Cl2N2O3. The van der Waals surface area contributed by atoms with Crippen LogP contribution in [0.25, 0.3) is 5.57 Å². The van der Waals surface area contributed by atoms with Crippen LogP contribution in [0.15, 0.2) is 48.2 Å². The number of nitrogens with zero attached hydrogens (tertiary/aromatic N) is 1. The van der Waals surface area contributed by atoms with Crippen LogP contribution in [0.2, 0.25) is 10.0 Å². The van der Waals surface area contributed by atoms with Crippen molar-refractivity contribution in [1.82, 2.24) is 4.90 Å². The van der Waals surface area contributed by atoms with Crippen LogP contribution in [0.1, 0.15) is 18.9 Å². The first-order chi connectivity index (χ1) is 13.0. The Morgan fingerprint density at radius 3 is 2.30 bits per heavy atom. The zero-order chi connectivity index (χ0) is 19.6. The molecule has 7 heteroatoms. The van der Waals surface area contributed by atoms with E-state index in [1.165, 1.54) is 12.0 Å². The smallest absolute Gasteiger partial charge is 0.278 e. The highest BCUT2D eigenvalue weighted by atomic mass is 35.5. The van der Waals surface area contributed by atoms with Gasteiger partial charge >= 0.3 is 0 Å². The molecule has 1 heterocycles. The number of carbonyl (C=O) groups excluding carboxylic acids is 2. The molecule has 0 aliphatic carbocycles. The Morgan fingerprint density at radius 2 is 1.67 bits per heavy atom. The predicted molar refractivity (Wildman–Crippen MR) is 107 cm³/mol. The van der Waals surface area contributed by atoms with Crippen LogP contribution in [0.3, 0.4) is 0 Å². The molecule has 0 aromatic heterocycles. The van der Waals surface area contributed by atoms with Gasteiger partial charge < -0.3 is 10.1 Å². The first-order valence-corrected chi connectivity index (χ1v) is 9.18. The van der Waals surface area contributed by atoms with Gasteiger partial charge in [0.2, 0.25) is 0 Å². The molecular weight excluding hydrogens is 387 g/mol. The van der Waals surface area contributed by atoms with Gasteiger partial charge in [-0.25, -0.2) is 0 Å². The maximum Gasteiger partial charge on any atom is 0.278 e. The zero-order valence-corrected chi connectivity index (χ0v) is 16.4. The van der Waals surface area contributed by atoms with Crippen molar-refractivity contribution in [1.29, 1.82) is 0 Å². The molecule has 2 aromatic carbocycles. The van der Waals surface area contributed by atoms with Crippen molar-refractivity contribution in [2.24, 2.45) is 0 Å². The minimum Gasteiger partial charge on any atom is -0.495 e. The Morgan fingerprint density at radius 1 is 1.00 bits per heavy atom. The molecule has 0 bridgehead atoms. The van der Waals surface area contributed by atoms with Crippen molar-refractivity contribution in [2.75, 3.05) is 19.0 Å². The summed E-state index contributed by atoms with van der Waals surface area (Å²) in [5.41, 5.74) is 1.61. The van der Waals surface area contributed by atoms with Gasteiger partial charge in [-0.15, -0.1) is 0 Å². The highest BCUT2D eigenvalue weighted by Gasteiger charge is 2.38. The lowest BCUT2D eigenvalue weighted by Gasteiger charge is -2.15. The lowest BCUT2D eigenvalue weighted by atomic mass is 10.0. The fourth-order valence-electron chi connectivity index (χ4n) is 2.92. The monoisotopic (exact) mass is 404 g/mol. The molecule has 1 aliphatic rings. The van der Waals surface area contributed by atoms with Crippen LogP contribution in [0.4, 0.5) is 5.69 Å². The number of nitrogens with one attached hydrogen (secondary N) is 1. The average molecular weight is 405 g/mol. The molecule has 0 atom stereocenters. The number of hydrogen-bond donors (Lipinski definition) is 1. The van der Waals surface area contributed by atoms with Crippen LogP contribution < -0.4 is 10.1 Å². The number of rotatable bonds is 6. The van der Waals surface area contributed by atoms with Gasteiger partial charge in [0.25, 0.3) is 11.8 Å². The summed E-state index contributed by atoms with van der Waals surface area (Å²) < 4.78 is 5.33. The summed E-state index contributed by atoms with van der Waals surface area (Å²) in [6, 6.07) is 11.8. The molecule has 2 aromatic rings. The van der Waals surface area contributed by atoms with Crippen LogP contribution in [0, 0.1) is 0 Å². The van der Waals surface area contributed by atoms with E-state index in [4.69, 9.17) is 27.9 Å². The fourth-order valence-corrected chi connectivity index (χ4v) is 3.21. The third kappa shape index (κ3) is 3.80. The van der Waals surface area contributed by atoms with E-state index in [2.05, 4.69) is 5.32 Å². The minimum atomic E-state index is -0.381. The van der Waals surface area contributed by atoms with Gasteiger partial charge in [0.1, 0.15) is 11.4 Å². The quantitative estimate of drug-likeness (QED) is 0.714. The van der Waals surface area contributed by atoms with E-state index in [0.717, 1.165) is 0 Å². The number of methoxy groups -OCH3 is 1. The van der Waals surface area contributed by atoms with Crippen LogP contribution in [-0.2, 0) is 9.59 Å². The number of anilines is 1. The fraction of sp³-hybridized carbons (Fsp3) is 0.200. The lowest BCUT2D eigenvalue weighted by molar-refractivity contribution is -0.136. The minimum absolute atomic E-state index is 0.191. The third-order valence-electron chi connectivity index (χ3n) is 4.17. The summed E-state index contributed by atoms with van der Waals surface area (Å²) >= 11 is 12.0. The van der Waals surface area contributed by atoms with Gasteiger partial charge in [0.05, 0.1) is 18.4 Å². The Hall–Kier alpha value is -2.50. The van der Waals surface area contributed by atoms with E-state index in [1.807, 2.05) is 6.92 Å². The molecule has 27 heavy (non-hydrogen) atoms. The largest absolute Gasteiger partial charge is 0.495 e. The molecule has 2 amide bonds. The van der Waals surface area contributed by atoms with Gasteiger partial charge in [0, 0.05) is 16.6 Å². The van der Waals surface area contributed by atoms with E-state index in [0.29, 0.717) is 45.6 Å². The van der Waals surface area contributed by atoms with Crippen molar-refractivity contribution < 1.29 is 14.3 Å². The van der Waals surface area contributed by atoms with E-state index >= 15 is 0 Å². The van der Waals surface area contributed by atoms with Crippen LogP contribution in [-0.4, -0.2) is 30.4 Å². The number of ether oxygens (including phenoxy) is 1. The molecule has 3 rings (SSSR count). The van der Waals surface area contributed by atoms with Crippen molar-refractivity contribution >= 4 is 46.3 Å². The molecule has 1 N–H and O–H groups in total. The first kappa shape index (κ1) is 19.3. The summed E-state index contributed by atoms with van der Waals surface area (Å²) in [7, 11) is 1.52. The van der Waals surface area contributed by atoms with E-state index in [9.17, 15) is 9.59 Å². The summed E-state index contributed by atoms with van der Waals surface area (Å²) in [6.45, 7) is 2.25. The van der Waals surface area contributed by atoms with Gasteiger partial charge in [0.15, 0.2) is 0 Å². The SMILES string of the molecule is CCCN1C(=O)C(Nc2cc(Cl)ccc2OC)=C(c2ccc(Cl)cc2)C1=O. The molecule has 0 radical (unpaired) electrons. The summed E-state index contributed by atoms with van der Waals surface area (Å²) in [5.74, 6) is -0.210. The molecule has 140 valence electrons. The number of carbonyl (C=O) groups is 2. The predicted octanol–water partition coefficient (Wildman–Crippen LogP) is 4.60. The summed E-state index contributed by atoms with van der Waals surface area (Å²) in [5, 5.41) is 4.09. The molecule has 0 saturated heterocycles. The topological polar surface area (TPSA) is 58.6 Å². The van der Waals surface area contributed by atoms with E-state index < -0.39 is 0 Å². The molecule has 5 nitrogen and oxygen atoms in total. The van der Waals surface area contributed by atoms with Crippen molar-refractivity contribution in [2.45, 2.75) is 13.3 Å². The van der Waals surface area contributed by atoms with Crippen molar-refractivity contribution in [3.8, 4) is 5.75 Å². The molecule has 0 fully saturated rings. The van der Waals surface area contributed by atoms with Crippen LogP contribution in [0.5, 0.6) is 5.75 Å². The Bertz CT molecular complexity index is 923. The number of halogens is 2. The second-order valence-corrected chi connectivity index (χ2v) is 6.86. The Balaban J connectivity index is 2.11. The maximum absolute atomic E-state index is 12.9. The average Bonchev–Trinajstić information content (AvgIpc) is 2.88. The normalized spacial score (nSPS) is 14.1. The Labute approximate surface area is 167 Å². The third-order valence-corrected chi connectivity index (χ3v) is 4.66.